The highest BCUT2D eigenvalue weighted by molar-refractivity contribution is 4.86. The summed E-state index contributed by atoms with van der Waals surface area (Å²) in [6, 6.07) is 0.584. The molecular weight excluding hydrogens is 236 g/mol. The molecule has 1 aliphatic carbocycles. The molecule has 0 aromatic heterocycles. The maximum absolute atomic E-state index is 9.91. The third-order valence-electron chi connectivity index (χ3n) is 4.95. The molecule has 1 saturated carbocycles. The lowest BCUT2D eigenvalue weighted by molar-refractivity contribution is 0.0474. The maximum Gasteiger partial charge on any atom is 0.0553 e. The number of nitrogens with zero attached hydrogens (tertiary/aromatic N) is 1. The number of piperidine rings is 1. The molecule has 0 aromatic carbocycles. The van der Waals surface area contributed by atoms with Gasteiger partial charge in [-0.05, 0) is 57.5 Å². The van der Waals surface area contributed by atoms with E-state index in [1.807, 2.05) is 6.92 Å². The zero-order valence-electron chi connectivity index (χ0n) is 12.8. The van der Waals surface area contributed by atoms with Gasteiger partial charge in [0.2, 0.25) is 0 Å². The minimum atomic E-state index is -0.171. The predicted octanol–water partition coefficient (Wildman–Crippen LogP) is 2.25. The highest BCUT2D eigenvalue weighted by Crippen LogP contribution is 2.25. The average Bonchev–Trinajstić information content (AvgIpc) is 2.89. The van der Waals surface area contributed by atoms with Crippen LogP contribution in [0.2, 0.25) is 0 Å². The van der Waals surface area contributed by atoms with Gasteiger partial charge in [0.15, 0.2) is 0 Å². The number of hydrogen-bond acceptors (Lipinski definition) is 3. The lowest BCUT2D eigenvalue weighted by Crippen LogP contribution is -2.52. The SMILES string of the molecule is CCCN1CC(NCC2CCCC2)CC(C(C)O)C1. The average molecular weight is 268 g/mol. The van der Waals surface area contributed by atoms with Crippen molar-refractivity contribution in [1.29, 1.82) is 0 Å². The van der Waals surface area contributed by atoms with Crippen LogP contribution in [0.15, 0.2) is 0 Å². The number of aliphatic hydroxyl groups is 1. The van der Waals surface area contributed by atoms with Gasteiger partial charge in [-0.3, -0.25) is 0 Å². The van der Waals surface area contributed by atoms with Crippen molar-refractivity contribution in [3.63, 3.8) is 0 Å². The highest BCUT2D eigenvalue weighted by atomic mass is 16.3. The predicted molar refractivity (Wildman–Crippen MR) is 80.3 cm³/mol. The van der Waals surface area contributed by atoms with Crippen LogP contribution in [0, 0.1) is 11.8 Å². The number of nitrogens with one attached hydrogen (secondary N) is 1. The summed E-state index contributed by atoms with van der Waals surface area (Å²) in [5, 5.41) is 13.7. The molecular formula is C16H32N2O. The van der Waals surface area contributed by atoms with E-state index in [1.165, 1.54) is 51.7 Å². The maximum atomic E-state index is 9.91. The van der Waals surface area contributed by atoms with Crippen molar-refractivity contribution >= 4 is 0 Å². The second-order valence-corrected chi connectivity index (χ2v) is 6.75. The molecule has 112 valence electrons. The van der Waals surface area contributed by atoms with Gasteiger partial charge in [-0.1, -0.05) is 19.8 Å². The summed E-state index contributed by atoms with van der Waals surface area (Å²) in [6.45, 7) is 8.81. The first kappa shape index (κ1) is 15.3. The minimum Gasteiger partial charge on any atom is -0.393 e. The Morgan fingerprint density at radius 2 is 2.00 bits per heavy atom. The Balaban J connectivity index is 1.79. The fraction of sp³-hybridized carbons (Fsp3) is 1.00. The lowest BCUT2D eigenvalue weighted by atomic mass is 9.90. The normalized spacial score (nSPS) is 31.7. The van der Waals surface area contributed by atoms with Crippen LogP contribution >= 0.6 is 0 Å². The smallest absolute Gasteiger partial charge is 0.0553 e. The molecule has 0 radical (unpaired) electrons. The van der Waals surface area contributed by atoms with E-state index in [2.05, 4.69) is 17.1 Å². The van der Waals surface area contributed by atoms with Crippen molar-refractivity contribution in [2.75, 3.05) is 26.2 Å². The van der Waals surface area contributed by atoms with E-state index in [4.69, 9.17) is 0 Å². The summed E-state index contributed by atoms with van der Waals surface area (Å²) in [4.78, 5) is 2.53. The number of hydrogen-bond donors (Lipinski definition) is 2. The van der Waals surface area contributed by atoms with Crippen molar-refractivity contribution in [2.45, 2.75) is 64.5 Å². The second kappa shape index (κ2) is 7.61. The molecule has 2 rings (SSSR count). The molecule has 0 spiro atoms. The topological polar surface area (TPSA) is 35.5 Å². The van der Waals surface area contributed by atoms with Crippen molar-refractivity contribution < 1.29 is 5.11 Å². The zero-order valence-corrected chi connectivity index (χ0v) is 12.8. The summed E-state index contributed by atoms with van der Waals surface area (Å²) >= 11 is 0. The third-order valence-corrected chi connectivity index (χ3v) is 4.95. The Hall–Kier alpha value is -0.120. The van der Waals surface area contributed by atoms with Crippen LogP contribution in [0.3, 0.4) is 0 Å². The van der Waals surface area contributed by atoms with Crippen LogP contribution in [0.1, 0.15) is 52.4 Å². The number of aliphatic hydroxyl groups excluding tert-OH is 1. The zero-order chi connectivity index (χ0) is 13.7. The van der Waals surface area contributed by atoms with Gasteiger partial charge in [-0.2, -0.15) is 0 Å². The lowest BCUT2D eigenvalue weighted by Gasteiger charge is -2.39. The van der Waals surface area contributed by atoms with Crippen molar-refractivity contribution in [2.24, 2.45) is 11.8 Å². The summed E-state index contributed by atoms with van der Waals surface area (Å²) in [5.41, 5.74) is 0. The molecule has 3 heteroatoms. The van der Waals surface area contributed by atoms with Crippen molar-refractivity contribution in [1.82, 2.24) is 10.2 Å². The van der Waals surface area contributed by atoms with Gasteiger partial charge < -0.3 is 15.3 Å². The molecule has 0 amide bonds. The number of rotatable bonds is 6. The Morgan fingerprint density at radius 3 is 2.63 bits per heavy atom. The highest BCUT2D eigenvalue weighted by Gasteiger charge is 2.29. The van der Waals surface area contributed by atoms with E-state index in [-0.39, 0.29) is 6.10 Å². The van der Waals surface area contributed by atoms with E-state index in [0.29, 0.717) is 12.0 Å². The van der Waals surface area contributed by atoms with E-state index in [0.717, 1.165) is 18.9 Å². The second-order valence-electron chi connectivity index (χ2n) is 6.75. The van der Waals surface area contributed by atoms with Gasteiger partial charge in [0, 0.05) is 19.1 Å². The Labute approximate surface area is 118 Å². The molecule has 2 fully saturated rings. The third kappa shape index (κ3) is 4.73. The van der Waals surface area contributed by atoms with Gasteiger partial charge in [0.05, 0.1) is 6.10 Å². The molecule has 0 aromatic rings. The van der Waals surface area contributed by atoms with Crippen molar-refractivity contribution in [3.05, 3.63) is 0 Å². The van der Waals surface area contributed by atoms with E-state index >= 15 is 0 Å². The van der Waals surface area contributed by atoms with Crippen LogP contribution < -0.4 is 5.32 Å². The van der Waals surface area contributed by atoms with E-state index < -0.39 is 0 Å². The van der Waals surface area contributed by atoms with E-state index in [9.17, 15) is 5.11 Å². The van der Waals surface area contributed by atoms with Crippen LogP contribution in [0.25, 0.3) is 0 Å². The molecule has 19 heavy (non-hydrogen) atoms. The quantitative estimate of drug-likeness (QED) is 0.775. The Kier molecular flexibility index (Phi) is 6.11. The summed E-state index contributed by atoms with van der Waals surface area (Å²) < 4.78 is 0. The molecule has 1 aliphatic heterocycles. The molecule has 2 N–H and O–H groups in total. The summed E-state index contributed by atoms with van der Waals surface area (Å²) in [6.07, 6.45) is 7.86. The monoisotopic (exact) mass is 268 g/mol. The van der Waals surface area contributed by atoms with Crippen LogP contribution in [0.4, 0.5) is 0 Å². The standard InChI is InChI=1S/C16H32N2O/c1-3-8-18-11-15(13(2)19)9-16(12-18)17-10-14-6-4-5-7-14/h13-17,19H,3-12H2,1-2H3. The molecule has 3 unspecified atom stereocenters. The molecule has 1 heterocycles. The van der Waals surface area contributed by atoms with E-state index in [1.54, 1.807) is 0 Å². The van der Waals surface area contributed by atoms with Gasteiger partial charge in [0.1, 0.15) is 0 Å². The Bertz CT molecular complexity index is 251. The largest absolute Gasteiger partial charge is 0.393 e. The fourth-order valence-corrected chi connectivity index (χ4v) is 3.78. The molecule has 3 atom stereocenters. The summed E-state index contributed by atoms with van der Waals surface area (Å²) in [7, 11) is 0. The first-order valence-corrected chi connectivity index (χ1v) is 8.32. The first-order valence-electron chi connectivity index (χ1n) is 8.32. The molecule has 2 aliphatic rings. The van der Waals surface area contributed by atoms with Crippen LogP contribution in [-0.4, -0.2) is 48.3 Å². The molecule has 3 nitrogen and oxygen atoms in total. The van der Waals surface area contributed by atoms with Crippen molar-refractivity contribution in [3.8, 4) is 0 Å². The van der Waals surface area contributed by atoms with Gasteiger partial charge in [-0.25, -0.2) is 0 Å². The Morgan fingerprint density at radius 1 is 1.26 bits per heavy atom. The number of likely N-dealkylation sites (tertiary alicyclic amines) is 1. The van der Waals surface area contributed by atoms with Gasteiger partial charge in [0.25, 0.3) is 0 Å². The van der Waals surface area contributed by atoms with Crippen LogP contribution in [0.5, 0.6) is 0 Å². The van der Waals surface area contributed by atoms with Gasteiger partial charge in [-0.15, -0.1) is 0 Å². The van der Waals surface area contributed by atoms with Gasteiger partial charge >= 0.3 is 0 Å². The van der Waals surface area contributed by atoms with Crippen LogP contribution in [-0.2, 0) is 0 Å². The molecule has 0 bridgehead atoms. The minimum absolute atomic E-state index is 0.171. The molecule has 1 saturated heterocycles. The first-order chi connectivity index (χ1) is 9.19. The fourth-order valence-electron chi connectivity index (χ4n) is 3.78. The summed E-state index contributed by atoms with van der Waals surface area (Å²) in [5.74, 6) is 1.35.